The molecule has 0 aromatic carbocycles. The van der Waals surface area contributed by atoms with E-state index in [9.17, 15) is 0 Å². The van der Waals surface area contributed by atoms with Crippen LogP contribution in [0, 0.1) is 0 Å². The molecule has 0 aromatic rings. The van der Waals surface area contributed by atoms with Crippen molar-refractivity contribution in [1.82, 2.24) is 0 Å². The maximum atomic E-state index is 0. The largest absolute Gasteiger partial charge is 0.107 e. The van der Waals surface area contributed by atoms with Gasteiger partial charge in [0.15, 0.2) is 0 Å². The van der Waals surface area contributed by atoms with Gasteiger partial charge in [0.2, 0.25) is 0 Å². The van der Waals surface area contributed by atoms with Crippen molar-refractivity contribution in [3.63, 3.8) is 0 Å². The van der Waals surface area contributed by atoms with Crippen molar-refractivity contribution >= 4 is 120 Å². The Morgan fingerprint density at radius 3 is 0.250 bits per heavy atom. The first kappa shape index (κ1) is 66.7. The normalized spacial score (nSPS) is 0. The van der Waals surface area contributed by atoms with Gasteiger partial charge in [-0.25, -0.2) is 0 Å². The van der Waals surface area contributed by atoms with Crippen molar-refractivity contribution in [3.05, 3.63) is 0 Å². The molecular weight excluding hydrogens is 958 g/mol. The van der Waals surface area contributed by atoms with E-state index in [-0.39, 0.29) is 187 Å². The molecule has 0 spiro atoms. The minimum Gasteiger partial charge on any atom is -0.107 e. The summed E-state index contributed by atoms with van der Waals surface area (Å²) in [6.07, 6.45) is 0. The van der Waals surface area contributed by atoms with E-state index in [1.165, 1.54) is 0 Å². The number of hydrogen-bond donors (Lipinski definition) is 0. The van der Waals surface area contributed by atoms with Gasteiger partial charge >= 0.3 is 0 Å². The first-order valence-corrected chi connectivity index (χ1v) is 0. The third-order valence-corrected chi connectivity index (χ3v) is 0. The molecule has 0 rings (SSSR count). The molecular formula is H5Ag3I5. The first-order valence-electron chi connectivity index (χ1n) is 0. The summed E-state index contributed by atoms with van der Waals surface area (Å²) in [6, 6.07) is 0. The average molecular weight is 963 g/mol. The van der Waals surface area contributed by atoms with E-state index >= 15 is 0 Å². The molecule has 0 fully saturated rings. The van der Waals surface area contributed by atoms with Crippen molar-refractivity contribution in [2.75, 3.05) is 0 Å². The predicted octanol–water partition coefficient (Wildman–Crippen LogP) is 3.08. The van der Waals surface area contributed by atoms with Crippen molar-refractivity contribution in [1.29, 1.82) is 0 Å². The Balaban J connectivity index is 0. The molecule has 0 N–H and O–H groups in total. The molecule has 0 bridgehead atoms. The maximum Gasteiger partial charge on any atom is 0 e. The Bertz CT molecular complexity index is 7.64. The topological polar surface area (TPSA) is 0 Å². The Hall–Kier alpha value is 5.87. The minimum atomic E-state index is 0. The van der Waals surface area contributed by atoms with Crippen LogP contribution in [0.5, 0.6) is 0 Å². The molecule has 0 aromatic heterocycles. The van der Waals surface area contributed by atoms with Crippen LogP contribution >= 0.6 is 120 Å². The smallest absolute Gasteiger partial charge is 0 e. The predicted molar refractivity (Wildman–Crippen MR) is 77.1 cm³/mol. The first-order chi connectivity index (χ1) is 0. The standard InChI is InChI=1S/3Ag.5HI/h;;;5*1H. The van der Waals surface area contributed by atoms with Gasteiger partial charge in [-0.3, -0.25) is 0 Å². The van der Waals surface area contributed by atoms with E-state index in [1.807, 2.05) is 0 Å². The van der Waals surface area contributed by atoms with Crippen LogP contribution < -0.4 is 0 Å². The molecule has 3 radical (unpaired) electrons. The van der Waals surface area contributed by atoms with E-state index in [0.29, 0.717) is 0 Å². The van der Waals surface area contributed by atoms with Crippen LogP contribution in [0.15, 0.2) is 0 Å². The van der Waals surface area contributed by atoms with Crippen LogP contribution in [0.25, 0.3) is 0 Å². The Kier molecular flexibility index (Phi) is 439. The van der Waals surface area contributed by atoms with Crippen molar-refractivity contribution in [2.24, 2.45) is 0 Å². The second-order valence-corrected chi connectivity index (χ2v) is 0. The summed E-state index contributed by atoms with van der Waals surface area (Å²) in [5, 5.41) is 0. The molecule has 0 aliphatic carbocycles. The Labute approximate surface area is 182 Å². The molecule has 0 saturated carbocycles. The van der Waals surface area contributed by atoms with Crippen LogP contribution in [-0.2, 0) is 67.1 Å². The molecule has 8 heteroatoms. The maximum absolute atomic E-state index is 0. The Morgan fingerprint density at radius 1 is 0.250 bits per heavy atom. The molecule has 0 aliphatic rings. The van der Waals surface area contributed by atoms with Gasteiger partial charge in [-0.15, -0.1) is 120 Å². The monoisotopic (exact) mass is 960 g/mol. The molecule has 0 saturated heterocycles. The molecule has 0 aliphatic heterocycles. The van der Waals surface area contributed by atoms with Gasteiger partial charge in [-0.1, -0.05) is 0 Å². The molecule has 0 nitrogen and oxygen atoms in total. The summed E-state index contributed by atoms with van der Waals surface area (Å²) in [4.78, 5) is 0. The molecule has 0 amide bonds. The number of halogens is 5. The zero-order valence-electron chi connectivity index (χ0n) is 2.95. The van der Waals surface area contributed by atoms with Gasteiger partial charge in [-0.2, -0.15) is 0 Å². The van der Waals surface area contributed by atoms with Crippen molar-refractivity contribution < 1.29 is 67.1 Å². The summed E-state index contributed by atoms with van der Waals surface area (Å²) in [7, 11) is 0. The van der Waals surface area contributed by atoms with Crippen molar-refractivity contribution in [2.45, 2.75) is 0 Å². The molecule has 0 unspecified atom stereocenters. The summed E-state index contributed by atoms with van der Waals surface area (Å²) in [6.45, 7) is 0. The van der Waals surface area contributed by atoms with Gasteiger partial charge in [0.1, 0.15) is 0 Å². The van der Waals surface area contributed by atoms with E-state index < -0.39 is 0 Å². The SMILES string of the molecule is I.I.I.I.I.[Ag].[Ag].[Ag]. The van der Waals surface area contributed by atoms with E-state index in [4.69, 9.17) is 0 Å². The summed E-state index contributed by atoms with van der Waals surface area (Å²) in [5.41, 5.74) is 0. The van der Waals surface area contributed by atoms with E-state index in [2.05, 4.69) is 0 Å². The summed E-state index contributed by atoms with van der Waals surface area (Å²) < 4.78 is 0. The van der Waals surface area contributed by atoms with Crippen LogP contribution in [0.2, 0.25) is 0 Å². The molecule has 8 heavy (non-hydrogen) atoms. The second-order valence-electron chi connectivity index (χ2n) is 0. The van der Waals surface area contributed by atoms with E-state index in [0.717, 1.165) is 0 Å². The van der Waals surface area contributed by atoms with Crippen molar-refractivity contribution in [3.8, 4) is 0 Å². The molecule has 0 atom stereocenters. The van der Waals surface area contributed by atoms with Gasteiger partial charge < -0.3 is 0 Å². The quantitative estimate of drug-likeness (QED) is 0.259. The van der Waals surface area contributed by atoms with Crippen LogP contribution in [0.4, 0.5) is 0 Å². The fourth-order valence-corrected chi connectivity index (χ4v) is 0. The zero-order valence-corrected chi connectivity index (χ0v) is 19.0. The fraction of sp³-hybridized carbons (Fsp3) is 0. The minimum absolute atomic E-state index is 0. The fourth-order valence-electron chi connectivity index (χ4n) is 0. The van der Waals surface area contributed by atoms with Crippen LogP contribution in [0.3, 0.4) is 0 Å². The second kappa shape index (κ2) is 52.6. The Morgan fingerprint density at radius 2 is 0.250 bits per heavy atom. The van der Waals surface area contributed by atoms with Gasteiger partial charge in [0.05, 0.1) is 0 Å². The summed E-state index contributed by atoms with van der Waals surface area (Å²) in [5.74, 6) is 0. The number of rotatable bonds is 0. The average Bonchev–Trinajstić information content (AvgIpc) is 0. The summed E-state index contributed by atoms with van der Waals surface area (Å²) >= 11 is 0. The zero-order chi connectivity index (χ0) is 0. The van der Waals surface area contributed by atoms with E-state index in [1.54, 1.807) is 0 Å². The van der Waals surface area contributed by atoms with Crippen LogP contribution in [0.1, 0.15) is 0 Å². The van der Waals surface area contributed by atoms with Gasteiger partial charge in [0, 0.05) is 67.1 Å². The molecule has 73 valence electrons. The number of hydrogen-bond acceptors (Lipinski definition) is 0. The van der Waals surface area contributed by atoms with Gasteiger partial charge in [0.25, 0.3) is 0 Å². The third-order valence-electron chi connectivity index (χ3n) is 0. The third kappa shape index (κ3) is 40.7. The van der Waals surface area contributed by atoms with Gasteiger partial charge in [-0.05, 0) is 0 Å². The van der Waals surface area contributed by atoms with Crippen LogP contribution in [-0.4, -0.2) is 0 Å². The molecule has 0 heterocycles.